The zero-order valence-electron chi connectivity index (χ0n) is 15.6. The van der Waals surface area contributed by atoms with Gasteiger partial charge in [-0.15, -0.1) is 11.3 Å². The van der Waals surface area contributed by atoms with Gasteiger partial charge in [0.25, 0.3) is 5.91 Å². The molecule has 3 atom stereocenters. The molecule has 5 nitrogen and oxygen atoms in total. The summed E-state index contributed by atoms with van der Waals surface area (Å²) >= 11 is 1.46. The Balaban J connectivity index is 1.55. The van der Waals surface area contributed by atoms with Crippen LogP contribution in [-0.4, -0.2) is 47.4 Å². The minimum Gasteiger partial charge on any atom is -0.339 e. The highest BCUT2D eigenvalue weighted by molar-refractivity contribution is 7.20. The van der Waals surface area contributed by atoms with E-state index in [1.54, 1.807) is 0 Å². The SMILES string of the molecule is CC(C)(C)C(NC(=O)c1cc2ccccc2s1)C(=O)N1C[C@H]2NCC21C. The van der Waals surface area contributed by atoms with Crippen LogP contribution in [0, 0.1) is 5.41 Å². The standard InChI is InChI=1S/C20H25N3O2S/c1-19(2,3)16(18(25)23-10-15-20(23,4)11-21-15)22-17(24)14-9-12-7-5-6-8-13(12)26-14/h5-9,15-16,21H,10-11H2,1-4H3,(H,22,24)/t15-,16?,20?/m1/s1. The molecule has 138 valence electrons. The molecule has 2 aliphatic heterocycles. The molecule has 2 saturated heterocycles. The quantitative estimate of drug-likeness (QED) is 0.872. The average Bonchev–Trinajstić information content (AvgIpc) is 3.01. The first-order chi connectivity index (χ1) is 12.2. The van der Waals surface area contributed by atoms with Gasteiger partial charge in [-0.2, -0.15) is 0 Å². The predicted molar refractivity (Wildman–Crippen MR) is 104 cm³/mol. The minimum atomic E-state index is -0.543. The molecule has 2 aliphatic rings. The van der Waals surface area contributed by atoms with E-state index in [4.69, 9.17) is 0 Å². The molecule has 3 heterocycles. The molecule has 1 aromatic carbocycles. The number of fused-ring (bicyclic) bond motifs is 2. The molecule has 0 radical (unpaired) electrons. The van der Waals surface area contributed by atoms with Crippen molar-refractivity contribution >= 4 is 33.2 Å². The van der Waals surface area contributed by atoms with Gasteiger partial charge < -0.3 is 15.5 Å². The van der Waals surface area contributed by atoms with Crippen LogP contribution in [0.1, 0.15) is 37.4 Å². The van der Waals surface area contributed by atoms with E-state index in [1.807, 2.05) is 56.0 Å². The Morgan fingerprint density at radius 3 is 2.62 bits per heavy atom. The van der Waals surface area contributed by atoms with Crippen molar-refractivity contribution in [3.8, 4) is 0 Å². The van der Waals surface area contributed by atoms with Gasteiger partial charge in [0.05, 0.1) is 10.4 Å². The summed E-state index contributed by atoms with van der Waals surface area (Å²) in [6, 6.07) is 9.69. The van der Waals surface area contributed by atoms with Crippen molar-refractivity contribution in [2.75, 3.05) is 13.1 Å². The Kier molecular flexibility index (Phi) is 3.90. The van der Waals surface area contributed by atoms with Gasteiger partial charge in [-0.3, -0.25) is 9.59 Å². The number of piperazine rings is 1. The van der Waals surface area contributed by atoms with Crippen molar-refractivity contribution in [1.29, 1.82) is 0 Å². The van der Waals surface area contributed by atoms with E-state index in [0.717, 1.165) is 23.2 Å². The lowest BCUT2D eigenvalue weighted by atomic mass is 9.72. The number of carbonyl (C=O) groups excluding carboxylic acids is 2. The number of hydrogen-bond donors (Lipinski definition) is 2. The summed E-state index contributed by atoms with van der Waals surface area (Å²) in [5.41, 5.74) is -0.453. The van der Waals surface area contributed by atoms with E-state index in [0.29, 0.717) is 10.9 Å². The van der Waals surface area contributed by atoms with Crippen molar-refractivity contribution in [2.45, 2.75) is 45.3 Å². The van der Waals surface area contributed by atoms with E-state index >= 15 is 0 Å². The second-order valence-electron chi connectivity index (χ2n) is 8.66. The smallest absolute Gasteiger partial charge is 0.262 e. The number of nitrogens with zero attached hydrogens (tertiary/aromatic N) is 1. The van der Waals surface area contributed by atoms with Gasteiger partial charge in [-0.1, -0.05) is 39.0 Å². The van der Waals surface area contributed by atoms with Crippen molar-refractivity contribution in [2.24, 2.45) is 5.41 Å². The fourth-order valence-electron chi connectivity index (χ4n) is 3.81. The monoisotopic (exact) mass is 371 g/mol. The molecule has 2 fully saturated rings. The summed E-state index contributed by atoms with van der Waals surface area (Å²) in [6.45, 7) is 9.66. The normalized spacial score (nSPS) is 25.8. The van der Waals surface area contributed by atoms with Crippen LogP contribution in [0.3, 0.4) is 0 Å². The predicted octanol–water partition coefficient (Wildman–Crippen LogP) is 2.62. The zero-order chi connectivity index (χ0) is 18.7. The molecule has 0 saturated carbocycles. The lowest BCUT2D eigenvalue weighted by molar-refractivity contribution is -0.166. The number of benzene rings is 1. The maximum absolute atomic E-state index is 13.2. The van der Waals surface area contributed by atoms with E-state index in [9.17, 15) is 9.59 Å². The largest absolute Gasteiger partial charge is 0.339 e. The van der Waals surface area contributed by atoms with Crippen molar-refractivity contribution in [1.82, 2.24) is 15.5 Å². The van der Waals surface area contributed by atoms with Gasteiger partial charge in [-0.25, -0.2) is 0 Å². The topological polar surface area (TPSA) is 61.4 Å². The third kappa shape index (κ3) is 2.63. The Labute approximate surface area is 157 Å². The Morgan fingerprint density at radius 1 is 1.35 bits per heavy atom. The fourth-order valence-corrected chi connectivity index (χ4v) is 4.77. The summed E-state index contributed by atoms with van der Waals surface area (Å²) < 4.78 is 1.08. The molecule has 6 heteroatoms. The molecule has 1 aromatic heterocycles. The molecule has 0 spiro atoms. The van der Waals surface area contributed by atoms with Crippen LogP contribution in [0.25, 0.3) is 10.1 Å². The molecule has 0 aliphatic carbocycles. The van der Waals surface area contributed by atoms with Crippen molar-refractivity contribution < 1.29 is 9.59 Å². The highest BCUT2D eigenvalue weighted by Gasteiger charge is 2.59. The molecule has 2 N–H and O–H groups in total. The number of amides is 2. The van der Waals surface area contributed by atoms with Crippen molar-refractivity contribution in [3.63, 3.8) is 0 Å². The van der Waals surface area contributed by atoms with Gasteiger partial charge in [0.2, 0.25) is 5.91 Å². The van der Waals surface area contributed by atoms with Crippen LogP contribution < -0.4 is 10.6 Å². The van der Waals surface area contributed by atoms with Crippen LogP contribution in [0.15, 0.2) is 30.3 Å². The summed E-state index contributed by atoms with van der Waals surface area (Å²) in [4.78, 5) is 28.6. The first-order valence-electron chi connectivity index (χ1n) is 9.04. The molecule has 0 bridgehead atoms. The summed E-state index contributed by atoms with van der Waals surface area (Å²) in [7, 11) is 0. The number of hydrogen-bond acceptors (Lipinski definition) is 4. The van der Waals surface area contributed by atoms with Crippen LogP contribution >= 0.6 is 11.3 Å². The van der Waals surface area contributed by atoms with Crippen LogP contribution in [-0.2, 0) is 4.79 Å². The highest BCUT2D eigenvalue weighted by atomic mass is 32.1. The Bertz CT molecular complexity index is 852. The number of nitrogens with one attached hydrogen (secondary N) is 2. The van der Waals surface area contributed by atoms with E-state index in [2.05, 4.69) is 17.6 Å². The summed E-state index contributed by atoms with van der Waals surface area (Å²) in [6.07, 6.45) is 0. The van der Waals surface area contributed by atoms with Gasteiger partial charge in [0.15, 0.2) is 0 Å². The van der Waals surface area contributed by atoms with Crippen molar-refractivity contribution in [3.05, 3.63) is 35.2 Å². The summed E-state index contributed by atoms with van der Waals surface area (Å²) in [5, 5.41) is 7.43. The molecule has 2 unspecified atom stereocenters. The minimum absolute atomic E-state index is 0.0206. The molecular formula is C20H25N3O2S. The maximum atomic E-state index is 13.2. The highest BCUT2D eigenvalue weighted by Crippen LogP contribution is 2.38. The Morgan fingerprint density at radius 2 is 2.08 bits per heavy atom. The van der Waals surface area contributed by atoms with E-state index in [1.165, 1.54) is 11.3 Å². The lowest BCUT2D eigenvalue weighted by Crippen LogP contribution is -2.87. The number of rotatable bonds is 3. The van der Waals surface area contributed by atoms with Gasteiger partial charge >= 0.3 is 0 Å². The molecule has 4 rings (SSSR count). The maximum Gasteiger partial charge on any atom is 0.262 e. The number of carbonyl (C=O) groups is 2. The first-order valence-corrected chi connectivity index (χ1v) is 9.86. The third-order valence-electron chi connectivity index (χ3n) is 5.74. The third-order valence-corrected chi connectivity index (χ3v) is 6.86. The Hall–Kier alpha value is -1.92. The zero-order valence-corrected chi connectivity index (χ0v) is 16.4. The van der Waals surface area contributed by atoms with Crippen LogP contribution in [0.5, 0.6) is 0 Å². The van der Waals surface area contributed by atoms with E-state index < -0.39 is 6.04 Å². The second kappa shape index (κ2) is 5.79. The molecule has 26 heavy (non-hydrogen) atoms. The fraction of sp³-hybridized carbons (Fsp3) is 0.500. The van der Waals surface area contributed by atoms with Crippen LogP contribution in [0.2, 0.25) is 0 Å². The van der Waals surface area contributed by atoms with Gasteiger partial charge in [-0.05, 0) is 29.9 Å². The van der Waals surface area contributed by atoms with Gasteiger partial charge in [0.1, 0.15) is 6.04 Å². The number of likely N-dealkylation sites (tertiary alicyclic amines) is 1. The molecule has 2 amide bonds. The number of thiophene rings is 1. The molecule has 2 aromatic rings. The lowest BCUT2D eigenvalue weighted by Gasteiger charge is -2.65. The molecular weight excluding hydrogens is 346 g/mol. The second-order valence-corrected chi connectivity index (χ2v) is 9.74. The first kappa shape index (κ1) is 17.5. The van der Waals surface area contributed by atoms with E-state index in [-0.39, 0.29) is 22.8 Å². The van der Waals surface area contributed by atoms with Gasteiger partial charge in [0, 0.05) is 23.8 Å². The summed E-state index contributed by atoms with van der Waals surface area (Å²) in [5.74, 6) is -0.152. The average molecular weight is 372 g/mol. The van der Waals surface area contributed by atoms with Crippen LogP contribution in [0.4, 0.5) is 0 Å².